The normalized spacial score (nSPS) is 12.0. The predicted molar refractivity (Wildman–Crippen MR) is 132 cm³/mol. The number of hydrogen-bond acceptors (Lipinski definition) is 6. The van der Waals surface area contributed by atoms with Gasteiger partial charge >= 0.3 is 5.97 Å². The molecule has 0 radical (unpaired) electrons. The SMILES string of the molecule is Cl.O=C(O)COc1ccc(S(=O)(=O)c2ccc(CCNC[C@H](O)c3cccc(Cl)c3)cc2)cc1F. The van der Waals surface area contributed by atoms with Gasteiger partial charge in [0.1, 0.15) is 0 Å². The number of rotatable bonds is 11. The lowest BCUT2D eigenvalue weighted by Gasteiger charge is -2.13. The molecule has 11 heteroatoms. The van der Waals surface area contributed by atoms with Gasteiger partial charge in [0.15, 0.2) is 18.2 Å². The zero-order chi connectivity index (χ0) is 24.7. The number of ether oxygens (including phenoxy) is 1. The molecule has 0 unspecified atom stereocenters. The molecule has 7 nitrogen and oxygen atoms in total. The largest absolute Gasteiger partial charge is 0.479 e. The number of nitrogens with one attached hydrogen (secondary N) is 1. The summed E-state index contributed by atoms with van der Waals surface area (Å²) >= 11 is 5.93. The van der Waals surface area contributed by atoms with Crippen molar-refractivity contribution in [2.75, 3.05) is 19.7 Å². The zero-order valence-electron chi connectivity index (χ0n) is 18.4. The predicted octanol–water partition coefficient (Wildman–Crippen LogP) is 4.06. The Morgan fingerprint density at radius 2 is 1.74 bits per heavy atom. The van der Waals surface area contributed by atoms with Crippen LogP contribution in [0.1, 0.15) is 17.2 Å². The van der Waals surface area contributed by atoms with Crippen molar-refractivity contribution in [3.8, 4) is 5.75 Å². The summed E-state index contributed by atoms with van der Waals surface area (Å²) in [6.45, 7) is 0.163. The molecule has 3 N–H and O–H groups in total. The fraction of sp³-hybridized carbons (Fsp3) is 0.208. The Balaban J connectivity index is 0.00000432. The minimum atomic E-state index is -3.97. The van der Waals surface area contributed by atoms with Gasteiger partial charge in [0.25, 0.3) is 0 Å². The number of aliphatic carboxylic acids is 1. The van der Waals surface area contributed by atoms with Gasteiger partial charge in [0.05, 0.1) is 15.9 Å². The zero-order valence-corrected chi connectivity index (χ0v) is 20.7. The van der Waals surface area contributed by atoms with Gasteiger partial charge in [-0.2, -0.15) is 0 Å². The third-order valence-electron chi connectivity index (χ3n) is 4.96. The number of benzene rings is 3. The summed E-state index contributed by atoms with van der Waals surface area (Å²) in [6.07, 6.45) is -0.0974. The molecule has 35 heavy (non-hydrogen) atoms. The van der Waals surface area contributed by atoms with Crippen LogP contribution >= 0.6 is 24.0 Å². The van der Waals surface area contributed by atoms with Crippen LogP contribution < -0.4 is 10.1 Å². The number of aliphatic hydroxyl groups is 1. The molecule has 0 fully saturated rings. The van der Waals surface area contributed by atoms with Crippen LogP contribution in [-0.2, 0) is 21.1 Å². The lowest BCUT2D eigenvalue weighted by molar-refractivity contribution is -0.139. The molecule has 1 atom stereocenters. The van der Waals surface area contributed by atoms with Crippen LogP contribution in [0.4, 0.5) is 4.39 Å². The molecule has 0 aliphatic carbocycles. The van der Waals surface area contributed by atoms with E-state index in [1.807, 2.05) is 0 Å². The van der Waals surface area contributed by atoms with Crippen molar-refractivity contribution in [1.82, 2.24) is 5.32 Å². The second-order valence-electron chi connectivity index (χ2n) is 7.45. The maximum atomic E-state index is 14.2. The van der Waals surface area contributed by atoms with Gasteiger partial charge in [-0.1, -0.05) is 35.9 Å². The Morgan fingerprint density at radius 1 is 1.06 bits per heavy atom. The van der Waals surface area contributed by atoms with E-state index in [1.165, 1.54) is 18.2 Å². The van der Waals surface area contributed by atoms with Crippen LogP contribution in [0, 0.1) is 5.82 Å². The van der Waals surface area contributed by atoms with Crippen LogP contribution in [0.3, 0.4) is 0 Å². The number of sulfone groups is 1. The summed E-state index contributed by atoms with van der Waals surface area (Å²) in [5.74, 6) is -2.58. The highest BCUT2D eigenvalue weighted by Crippen LogP contribution is 2.26. The van der Waals surface area contributed by atoms with E-state index in [-0.39, 0.29) is 27.9 Å². The minimum Gasteiger partial charge on any atom is -0.479 e. The maximum absolute atomic E-state index is 14.2. The quantitative estimate of drug-likeness (QED) is 0.312. The highest BCUT2D eigenvalue weighted by molar-refractivity contribution is 7.91. The lowest BCUT2D eigenvalue weighted by atomic mass is 10.1. The first-order chi connectivity index (χ1) is 16.2. The van der Waals surface area contributed by atoms with Crippen LogP contribution in [0.25, 0.3) is 0 Å². The van der Waals surface area contributed by atoms with Gasteiger partial charge in [0.2, 0.25) is 9.84 Å². The molecule has 0 aliphatic rings. The molecule has 0 saturated carbocycles. The maximum Gasteiger partial charge on any atom is 0.341 e. The average molecular weight is 544 g/mol. The van der Waals surface area contributed by atoms with E-state index in [0.29, 0.717) is 30.1 Å². The Labute approximate surface area is 213 Å². The summed E-state index contributed by atoms with van der Waals surface area (Å²) in [5, 5.41) is 22.5. The standard InChI is InChI=1S/C24H23ClFNO6S.ClH/c25-18-3-1-2-17(12-18)22(28)14-27-11-10-16-4-6-19(7-5-16)34(31,32)20-8-9-23(21(26)13-20)33-15-24(29)30;/h1-9,12-13,22,27-28H,10-11,14-15H2,(H,29,30);1H/t22-;/m0./s1. The fourth-order valence-electron chi connectivity index (χ4n) is 3.18. The van der Waals surface area contributed by atoms with Gasteiger partial charge in [-0.3, -0.25) is 0 Å². The molecule has 3 rings (SSSR count). The second-order valence-corrected chi connectivity index (χ2v) is 9.83. The first-order valence-electron chi connectivity index (χ1n) is 10.3. The van der Waals surface area contributed by atoms with E-state index in [0.717, 1.165) is 17.7 Å². The molecule has 0 amide bonds. The van der Waals surface area contributed by atoms with Gasteiger partial charge in [-0.15, -0.1) is 12.4 Å². The van der Waals surface area contributed by atoms with Crippen LogP contribution in [0.15, 0.2) is 76.5 Å². The molecule has 188 valence electrons. The van der Waals surface area contributed by atoms with Crippen molar-refractivity contribution in [3.63, 3.8) is 0 Å². The Hall–Kier alpha value is -2.69. The summed E-state index contributed by atoms with van der Waals surface area (Å²) in [7, 11) is -3.97. The summed E-state index contributed by atoms with van der Waals surface area (Å²) in [4.78, 5) is 10.3. The van der Waals surface area contributed by atoms with E-state index >= 15 is 0 Å². The topological polar surface area (TPSA) is 113 Å². The highest BCUT2D eigenvalue weighted by atomic mass is 35.5. The Morgan fingerprint density at radius 3 is 2.37 bits per heavy atom. The van der Waals surface area contributed by atoms with E-state index in [1.54, 1.807) is 36.4 Å². The Bertz CT molecular complexity index is 1260. The van der Waals surface area contributed by atoms with Crippen molar-refractivity contribution in [1.29, 1.82) is 0 Å². The highest BCUT2D eigenvalue weighted by Gasteiger charge is 2.20. The molecule has 3 aromatic carbocycles. The third kappa shape index (κ3) is 7.91. The third-order valence-corrected chi connectivity index (χ3v) is 6.96. The van der Waals surface area contributed by atoms with Gasteiger partial charge in [-0.25, -0.2) is 17.6 Å². The number of carboxylic acids is 1. The van der Waals surface area contributed by atoms with Crippen molar-refractivity contribution in [2.24, 2.45) is 0 Å². The molecule has 0 spiro atoms. The first-order valence-corrected chi connectivity index (χ1v) is 12.2. The molecule has 3 aromatic rings. The van der Waals surface area contributed by atoms with Crippen molar-refractivity contribution >= 4 is 39.8 Å². The van der Waals surface area contributed by atoms with Crippen LogP contribution in [-0.4, -0.2) is 44.3 Å². The molecule has 0 bridgehead atoms. The monoisotopic (exact) mass is 543 g/mol. The van der Waals surface area contributed by atoms with Crippen molar-refractivity contribution in [3.05, 3.63) is 88.7 Å². The van der Waals surface area contributed by atoms with Crippen molar-refractivity contribution < 1.29 is 32.6 Å². The molecule has 0 aliphatic heterocycles. The molecular weight excluding hydrogens is 520 g/mol. The molecule has 0 heterocycles. The summed E-state index contributed by atoms with van der Waals surface area (Å²) < 4.78 is 44.6. The van der Waals surface area contributed by atoms with Gasteiger partial charge < -0.3 is 20.3 Å². The fourth-order valence-corrected chi connectivity index (χ4v) is 4.65. The lowest BCUT2D eigenvalue weighted by Crippen LogP contribution is -2.23. The summed E-state index contributed by atoms with van der Waals surface area (Å²) in [5.41, 5.74) is 1.60. The van der Waals surface area contributed by atoms with E-state index in [9.17, 15) is 22.7 Å². The number of carboxylic acid groups (broad SMARTS) is 1. The molecule has 0 saturated heterocycles. The molecule has 0 aromatic heterocycles. The van der Waals surface area contributed by atoms with Crippen molar-refractivity contribution in [2.45, 2.75) is 22.3 Å². The second kappa shape index (κ2) is 12.9. The van der Waals surface area contributed by atoms with E-state index in [2.05, 4.69) is 5.32 Å². The van der Waals surface area contributed by atoms with E-state index < -0.39 is 34.3 Å². The molecular formula is C24H24Cl2FNO6S. The van der Waals surface area contributed by atoms with Gasteiger partial charge in [-0.05, 0) is 66.6 Å². The number of halogens is 3. The smallest absolute Gasteiger partial charge is 0.341 e. The van der Waals surface area contributed by atoms with Gasteiger partial charge in [0, 0.05) is 11.6 Å². The number of aliphatic hydroxyl groups excluding tert-OH is 1. The van der Waals surface area contributed by atoms with Crippen LogP contribution in [0.2, 0.25) is 5.02 Å². The number of carbonyl (C=O) groups is 1. The average Bonchev–Trinajstić information content (AvgIpc) is 2.81. The summed E-state index contributed by atoms with van der Waals surface area (Å²) in [6, 6.07) is 16.3. The minimum absolute atomic E-state index is 0. The first kappa shape index (κ1) is 28.5. The van der Waals surface area contributed by atoms with Crippen LogP contribution in [0.5, 0.6) is 5.75 Å². The van der Waals surface area contributed by atoms with E-state index in [4.69, 9.17) is 21.4 Å². The number of hydrogen-bond donors (Lipinski definition) is 3. The Kier molecular flexibility index (Phi) is 10.5.